The minimum absolute atomic E-state index is 0.786. The molecule has 1 aliphatic rings. The average Bonchev–Trinajstić information content (AvgIpc) is 2.98. The van der Waals surface area contributed by atoms with E-state index in [1.165, 1.54) is 11.1 Å². The number of aryl methyl sites for hydroxylation is 1. The number of benzene rings is 1. The predicted octanol–water partition coefficient (Wildman–Crippen LogP) is 4.83. The van der Waals surface area contributed by atoms with Crippen molar-refractivity contribution in [1.29, 1.82) is 0 Å². The lowest BCUT2D eigenvalue weighted by Crippen LogP contribution is -2.11. The van der Waals surface area contributed by atoms with Crippen LogP contribution in [0.1, 0.15) is 42.4 Å². The molecule has 2 heterocycles. The summed E-state index contributed by atoms with van der Waals surface area (Å²) < 4.78 is 11.4. The molecule has 3 nitrogen and oxygen atoms in total. The molecular formula is C20H23NO2. The maximum absolute atomic E-state index is 5.81. The van der Waals surface area contributed by atoms with Crippen LogP contribution in [0.2, 0.25) is 0 Å². The van der Waals surface area contributed by atoms with Gasteiger partial charge in [0, 0.05) is 12.1 Å². The van der Waals surface area contributed by atoms with Crippen molar-refractivity contribution in [3.05, 3.63) is 59.1 Å². The van der Waals surface area contributed by atoms with Gasteiger partial charge in [0.15, 0.2) is 0 Å². The third kappa shape index (κ3) is 3.92. The zero-order valence-corrected chi connectivity index (χ0v) is 13.8. The summed E-state index contributed by atoms with van der Waals surface area (Å²) in [5.74, 6) is 2.74. The van der Waals surface area contributed by atoms with Crippen molar-refractivity contribution in [1.82, 2.24) is 0 Å². The van der Waals surface area contributed by atoms with Crippen molar-refractivity contribution in [3.8, 4) is 5.75 Å². The molecular weight excluding hydrogens is 286 g/mol. The first kappa shape index (κ1) is 15.6. The Labute approximate surface area is 137 Å². The van der Waals surface area contributed by atoms with Crippen LogP contribution in [0.15, 0.2) is 45.8 Å². The Hall–Kier alpha value is -2.29. The van der Waals surface area contributed by atoms with E-state index in [4.69, 9.17) is 9.15 Å². The van der Waals surface area contributed by atoms with Crippen LogP contribution in [-0.2, 0) is 6.42 Å². The SMILES string of the molecule is CCCCOc1ccc2c(c1)CCN=C2C=Cc1ccc(C)o1. The molecule has 2 aromatic rings. The molecule has 0 aliphatic carbocycles. The van der Waals surface area contributed by atoms with E-state index >= 15 is 0 Å². The summed E-state index contributed by atoms with van der Waals surface area (Å²) in [4.78, 5) is 4.65. The summed E-state index contributed by atoms with van der Waals surface area (Å²) in [6, 6.07) is 10.3. The van der Waals surface area contributed by atoms with E-state index in [2.05, 4.69) is 24.0 Å². The maximum atomic E-state index is 5.81. The molecule has 3 rings (SSSR count). The molecule has 0 N–H and O–H groups in total. The third-order valence-electron chi connectivity index (χ3n) is 3.95. The van der Waals surface area contributed by atoms with Gasteiger partial charge in [-0.25, -0.2) is 0 Å². The van der Waals surface area contributed by atoms with E-state index in [9.17, 15) is 0 Å². The van der Waals surface area contributed by atoms with Gasteiger partial charge in [0.2, 0.25) is 0 Å². The van der Waals surface area contributed by atoms with Crippen LogP contribution in [0.25, 0.3) is 6.08 Å². The second-order valence-corrected chi connectivity index (χ2v) is 5.82. The number of ether oxygens (including phenoxy) is 1. The number of fused-ring (bicyclic) bond motifs is 1. The van der Waals surface area contributed by atoms with Gasteiger partial charge in [0.05, 0.1) is 12.3 Å². The summed E-state index contributed by atoms with van der Waals surface area (Å²) in [5.41, 5.74) is 3.52. The first-order valence-electron chi connectivity index (χ1n) is 8.31. The second kappa shape index (κ2) is 7.32. The predicted molar refractivity (Wildman–Crippen MR) is 94.4 cm³/mol. The van der Waals surface area contributed by atoms with Gasteiger partial charge < -0.3 is 9.15 Å². The number of aliphatic imine (C=N–C) groups is 1. The molecule has 0 bridgehead atoms. The largest absolute Gasteiger partial charge is 0.494 e. The number of allylic oxidation sites excluding steroid dienone is 1. The molecule has 120 valence electrons. The minimum Gasteiger partial charge on any atom is -0.494 e. The Morgan fingerprint density at radius 2 is 2.13 bits per heavy atom. The smallest absolute Gasteiger partial charge is 0.127 e. The fourth-order valence-corrected chi connectivity index (χ4v) is 2.68. The van der Waals surface area contributed by atoms with Crippen molar-refractivity contribution in [2.75, 3.05) is 13.2 Å². The van der Waals surface area contributed by atoms with Crippen molar-refractivity contribution < 1.29 is 9.15 Å². The lowest BCUT2D eigenvalue weighted by Gasteiger charge is -2.16. The van der Waals surface area contributed by atoms with Gasteiger partial charge in [-0.05, 0) is 67.8 Å². The van der Waals surface area contributed by atoms with E-state index < -0.39 is 0 Å². The quantitative estimate of drug-likeness (QED) is 0.717. The molecule has 1 aromatic heterocycles. The average molecular weight is 309 g/mol. The van der Waals surface area contributed by atoms with Gasteiger partial charge in [-0.1, -0.05) is 13.3 Å². The molecule has 0 atom stereocenters. The number of hydrogen-bond acceptors (Lipinski definition) is 3. The third-order valence-corrected chi connectivity index (χ3v) is 3.95. The monoisotopic (exact) mass is 309 g/mol. The van der Waals surface area contributed by atoms with Crippen molar-refractivity contribution >= 4 is 11.8 Å². The number of hydrogen-bond donors (Lipinski definition) is 0. The molecule has 0 saturated carbocycles. The first-order chi connectivity index (χ1) is 11.3. The van der Waals surface area contributed by atoms with Crippen molar-refractivity contribution in [2.45, 2.75) is 33.1 Å². The fraction of sp³-hybridized carbons (Fsp3) is 0.350. The van der Waals surface area contributed by atoms with Crippen LogP contribution in [-0.4, -0.2) is 18.9 Å². The normalized spacial score (nSPS) is 13.9. The van der Waals surface area contributed by atoms with Gasteiger partial charge in [-0.3, -0.25) is 4.99 Å². The van der Waals surface area contributed by atoms with E-state index in [0.717, 1.165) is 55.4 Å². The molecule has 0 unspecified atom stereocenters. The topological polar surface area (TPSA) is 34.7 Å². The van der Waals surface area contributed by atoms with Gasteiger partial charge >= 0.3 is 0 Å². The highest BCUT2D eigenvalue weighted by atomic mass is 16.5. The Morgan fingerprint density at radius 1 is 1.22 bits per heavy atom. The lowest BCUT2D eigenvalue weighted by atomic mass is 9.97. The molecule has 3 heteroatoms. The summed E-state index contributed by atoms with van der Waals surface area (Å²) in [6.07, 6.45) is 7.23. The summed E-state index contributed by atoms with van der Waals surface area (Å²) in [5, 5.41) is 0. The maximum Gasteiger partial charge on any atom is 0.127 e. The molecule has 23 heavy (non-hydrogen) atoms. The van der Waals surface area contributed by atoms with E-state index in [-0.39, 0.29) is 0 Å². The number of rotatable bonds is 6. The summed E-state index contributed by atoms with van der Waals surface area (Å²) >= 11 is 0. The van der Waals surface area contributed by atoms with Crippen LogP contribution in [0, 0.1) is 6.92 Å². The van der Waals surface area contributed by atoms with Crippen LogP contribution in [0.5, 0.6) is 5.75 Å². The van der Waals surface area contributed by atoms with Crippen LogP contribution in [0.3, 0.4) is 0 Å². The van der Waals surface area contributed by atoms with Gasteiger partial charge in [0.1, 0.15) is 17.3 Å². The van der Waals surface area contributed by atoms with E-state index in [1.807, 2.05) is 37.3 Å². The molecule has 1 aliphatic heterocycles. The Morgan fingerprint density at radius 3 is 2.91 bits per heavy atom. The zero-order chi connectivity index (χ0) is 16.1. The molecule has 0 saturated heterocycles. The van der Waals surface area contributed by atoms with Crippen molar-refractivity contribution in [3.63, 3.8) is 0 Å². The van der Waals surface area contributed by atoms with Gasteiger partial charge in [0.25, 0.3) is 0 Å². The standard InChI is InChI=1S/C20H23NO2/c1-3-4-13-22-18-7-9-19-16(14-18)11-12-21-20(19)10-8-17-6-5-15(2)23-17/h5-10,14H,3-4,11-13H2,1-2H3. The summed E-state index contributed by atoms with van der Waals surface area (Å²) in [6.45, 7) is 5.73. The molecule has 0 amide bonds. The van der Waals surface area contributed by atoms with Gasteiger partial charge in [-0.15, -0.1) is 0 Å². The Balaban J connectivity index is 1.75. The van der Waals surface area contributed by atoms with Crippen LogP contribution >= 0.6 is 0 Å². The van der Waals surface area contributed by atoms with Gasteiger partial charge in [-0.2, -0.15) is 0 Å². The number of unbranched alkanes of at least 4 members (excludes halogenated alkanes) is 1. The van der Waals surface area contributed by atoms with Crippen LogP contribution < -0.4 is 4.74 Å². The number of nitrogens with zero attached hydrogens (tertiary/aromatic N) is 1. The highest BCUT2D eigenvalue weighted by molar-refractivity contribution is 6.12. The minimum atomic E-state index is 0.786. The van der Waals surface area contributed by atoms with Crippen molar-refractivity contribution in [2.24, 2.45) is 4.99 Å². The Kier molecular flexibility index (Phi) is 4.96. The van der Waals surface area contributed by atoms with E-state index in [0.29, 0.717) is 0 Å². The second-order valence-electron chi connectivity index (χ2n) is 5.82. The summed E-state index contributed by atoms with van der Waals surface area (Å²) in [7, 11) is 0. The molecule has 1 aromatic carbocycles. The van der Waals surface area contributed by atoms with Crippen LogP contribution in [0.4, 0.5) is 0 Å². The molecule has 0 fully saturated rings. The lowest BCUT2D eigenvalue weighted by molar-refractivity contribution is 0.309. The number of furan rings is 1. The highest BCUT2D eigenvalue weighted by Crippen LogP contribution is 2.23. The Bertz CT molecular complexity index is 725. The zero-order valence-electron chi connectivity index (χ0n) is 13.8. The fourth-order valence-electron chi connectivity index (χ4n) is 2.68. The van der Waals surface area contributed by atoms with E-state index in [1.54, 1.807) is 0 Å². The highest BCUT2D eigenvalue weighted by Gasteiger charge is 2.13. The molecule has 0 spiro atoms. The first-order valence-corrected chi connectivity index (χ1v) is 8.31. The molecule has 0 radical (unpaired) electrons.